The summed E-state index contributed by atoms with van der Waals surface area (Å²) in [6.07, 6.45) is 9.50. The summed E-state index contributed by atoms with van der Waals surface area (Å²) in [5.74, 6) is 2.76. The lowest BCUT2D eigenvalue weighted by atomic mass is 9.96. The lowest BCUT2D eigenvalue weighted by molar-refractivity contribution is 0.200. The van der Waals surface area contributed by atoms with Crippen LogP contribution in [0.15, 0.2) is 43.0 Å². The van der Waals surface area contributed by atoms with E-state index in [0.29, 0.717) is 5.92 Å². The lowest BCUT2D eigenvalue weighted by Crippen LogP contribution is -2.33. The summed E-state index contributed by atoms with van der Waals surface area (Å²) in [6.45, 7) is 2.85. The Morgan fingerprint density at radius 2 is 1.87 bits per heavy atom. The van der Waals surface area contributed by atoms with E-state index in [1.165, 1.54) is 0 Å². The molecule has 0 radical (unpaired) electrons. The summed E-state index contributed by atoms with van der Waals surface area (Å²) >= 11 is 0. The summed E-state index contributed by atoms with van der Waals surface area (Å²) < 4.78 is 3.61. The molecule has 4 aromatic rings. The van der Waals surface area contributed by atoms with E-state index < -0.39 is 0 Å². The van der Waals surface area contributed by atoms with Gasteiger partial charge in [0.15, 0.2) is 17.3 Å². The molecule has 0 saturated carbocycles. The van der Waals surface area contributed by atoms with Crippen LogP contribution in [0, 0.1) is 0 Å². The van der Waals surface area contributed by atoms with Crippen LogP contribution in [0.25, 0.3) is 11.5 Å². The van der Waals surface area contributed by atoms with Crippen LogP contribution in [0.5, 0.6) is 0 Å². The molecule has 5 rings (SSSR count). The Labute approximate surface area is 174 Å². The third kappa shape index (κ3) is 3.61. The third-order valence-electron chi connectivity index (χ3n) is 5.46. The molecule has 1 saturated heterocycles. The van der Waals surface area contributed by atoms with Gasteiger partial charge in [0, 0.05) is 56.9 Å². The molecule has 154 valence electrons. The number of piperidine rings is 1. The SMILES string of the molecule is CN(C)c1ncc(CN2CCC(c3nnc4ccc(-n5cccn5)nn34)CC2)cn1. The van der Waals surface area contributed by atoms with Crippen LogP contribution in [0.3, 0.4) is 0 Å². The maximum Gasteiger partial charge on any atom is 0.224 e. The minimum absolute atomic E-state index is 0.337. The van der Waals surface area contributed by atoms with E-state index in [0.717, 1.165) is 61.3 Å². The molecule has 0 spiro atoms. The van der Waals surface area contributed by atoms with Gasteiger partial charge in [-0.1, -0.05) is 0 Å². The number of nitrogens with zero attached hydrogens (tertiary/aromatic N) is 10. The van der Waals surface area contributed by atoms with Crippen molar-refractivity contribution >= 4 is 11.6 Å². The van der Waals surface area contributed by atoms with E-state index in [2.05, 4.69) is 30.2 Å². The Morgan fingerprint density at radius 1 is 1.07 bits per heavy atom. The Bertz CT molecular complexity index is 1110. The molecule has 0 aromatic carbocycles. The standard InChI is InChI=1S/C20H24N10/c1-27(2)20-21-12-15(13-22-20)14-28-10-6-16(7-11-28)19-25-24-17-4-5-18(26-30(17)19)29-9-3-8-23-29/h3-5,8-9,12-13,16H,6-7,10-11,14H2,1-2H3. The van der Waals surface area contributed by atoms with Gasteiger partial charge in [0.2, 0.25) is 5.95 Å². The fourth-order valence-corrected chi connectivity index (χ4v) is 3.84. The third-order valence-corrected chi connectivity index (χ3v) is 5.46. The Balaban J connectivity index is 1.27. The molecule has 0 amide bonds. The van der Waals surface area contributed by atoms with Crippen LogP contribution in [0.1, 0.15) is 30.1 Å². The van der Waals surface area contributed by atoms with E-state index in [1.54, 1.807) is 10.9 Å². The van der Waals surface area contributed by atoms with Crippen molar-refractivity contribution in [2.45, 2.75) is 25.3 Å². The van der Waals surface area contributed by atoms with Gasteiger partial charge in [-0.3, -0.25) is 4.90 Å². The number of hydrogen-bond acceptors (Lipinski definition) is 8. The number of rotatable bonds is 5. The second kappa shape index (κ2) is 7.79. The molecule has 10 heteroatoms. The zero-order valence-corrected chi connectivity index (χ0v) is 17.1. The predicted octanol–water partition coefficient (Wildman–Crippen LogP) is 1.55. The van der Waals surface area contributed by atoms with Gasteiger partial charge in [-0.25, -0.2) is 14.6 Å². The van der Waals surface area contributed by atoms with Gasteiger partial charge in [0.1, 0.15) is 0 Å². The zero-order valence-electron chi connectivity index (χ0n) is 17.1. The molecular formula is C20H24N10. The van der Waals surface area contributed by atoms with Crippen molar-refractivity contribution in [1.82, 2.24) is 44.5 Å². The molecule has 0 unspecified atom stereocenters. The van der Waals surface area contributed by atoms with Gasteiger partial charge in [-0.05, 0) is 44.1 Å². The smallest absolute Gasteiger partial charge is 0.224 e. The number of aromatic nitrogens is 8. The van der Waals surface area contributed by atoms with E-state index >= 15 is 0 Å². The maximum atomic E-state index is 4.72. The Morgan fingerprint density at radius 3 is 2.57 bits per heavy atom. The largest absolute Gasteiger partial charge is 0.347 e. The molecule has 0 bridgehead atoms. The van der Waals surface area contributed by atoms with Crippen LogP contribution in [-0.2, 0) is 6.54 Å². The van der Waals surface area contributed by atoms with Crippen molar-refractivity contribution in [3.63, 3.8) is 0 Å². The highest BCUT2D eigenvalue weighted by atomic mass is 15.4. The summed E-state index contributed by atoms with van der Waals surface area (Å²) in [7, 11) is 3.89. The first-order chi connectivity index (χ1) is 14.7. The van der Waals surface area contributed by atoms with Crippen molar-refractivity contribution in [3.8, 4) is 5.82 Å². The highest BCUT2D eigenvalue weighted by Crippen LogP contribution is 2.27. The fourth-order valence-electron chi connectivity index (χ4n) is 3.84. The maximum absolute atomic E-state index is 4.72. The second-order valence-corrected chi connectivity index (χ2v) is 7.81. The average molecular weight is 404 g/mol. The molecule has 0 atom stereocenters. The molecule has 30 heavy (non-hydrogen) atoms. The first-order valence-corrected chi connectivity index (χ1v) is 10.1. The molecule has 0 aliphatic carbocycles. The van der Waals surface area contributed by atoms with Crippen molar-refractivity contribution in [1.29, 1.82) is 0 Å². The molecule has 10 nitrogen and oxygen atoms in total. The van der Waals surface area contributed by atoms with Gasteiger partial charge in [0.25, 0.3) is 0 Å². The predicted molar refractivity (Wildman–Crippen MR) is 112 cm³/mol. The average Bonchev–Trinajstić information content (AvgIpc) is 3.44. The fraction of sp³-hybridized carbons (Fsp3) is 0.400. The van der Waals surface area contributed by atoms with Crippen LogP contribution in [-0.4, -0.2) is 71.6 Å². The monoisotopic (exact) mass is 404 g/mol. The van der Waals surface area contributed by atoms with Crippen LogP contribution < -0.4 is 4.90 Å². The number of anilines is 1. The quantitative estimate of drug-likeness (QED) is 0.495. The second-order valence-electron chi connectivity index (χ2n) is 7.81. The minimum atomic E-state index is 0.337. The molecule has 0 N–H and O–H groups in total. The molecule has 4 aromatic heterocycles. The van der Waals surface area contributed by atoms with Gasteiger partial charge >= 0.3 is 0 Å². The summed E-state index contributed by atoms with van der Waals surface area (Å²) in [5.41, 5.74) is 1.90. The van der Waals surface area contributed by atoms with Gasteiger partial charge in [-0.15, -0.1) is 15.3 Å². The van der Waals surface area contributed by atoms with Crippen LogP contribution >= 0.6 is 0 Å². The number of likely N-dealkylation sites (tertiary alicyclic amines) is 1. The first kappa shape index (κ1) is 18.6. The van der Waals surface area contributed by atoms with E-state index in [-0.39, 0.29) is 0 Å². The lowest BCUT2D eigenvalue weighted by Gasteiger charge is -2.30. The van der Waals surface area contributed by atoms with Crippen LogP contribution in [0.4, 0.5) is 5.95 Å². The molecule has 1 fully saturated rings. The van der Waals surface area contributed by atoms with Crippen molar-refractivity contribution in [3.05, 3.63) is 54.4 Å². The number of hydrogen-bond donors (Lipinski definition) is 0. The van der Waals surface area contributed by atoms with Crippen LogP contribution in [0.2, 0.25) is 0 Å². The Hall–Kier alpha value is -3.40. The highest BCUT2D eigenvalue weighted by molar-refractivity contribution is 5.39. The molecule has 1 aliphatic heterocycles. The Kier molecular flexibility index (Phi) is 4.83. The van der Waals surface area contributed by atoms with Gasteiger partial charge in [0.05, 0.1) is 0 Å². The normalized spacial score (nSPS) is 15.7. The minimum Gasteiger partial charge on any atom is -0.347 e. The topological polar surface area (TPSA) is 93.2 Å². The highest BCUT2D eigenvalue weighted by Gasteiger charge is 2.25. The van der Waals surface area contributed by atoms with Crippen molar-refractivity contribution < 1.29 is 0 Å². The molecule has 5 heterocycles. The van der Waals surface area contributed by atoms with E-state index in [1.807, 2.05) is 60.3 Å². The van der Waals surface area contributed by atoms with Crippen molar-refractivity contribution in [2.24, 2.45) is 0 Å². The zero-order chi connectivity index (χ0) is 20.5. The summed E-state index contributed by atoms with van der Waals surface area (Å²) in [4.78, 5) is 13.2. The number of fused-ring (bicyclic) bond motifs is 1. The van der Waals surface area contributed by atoms with Crippen molar-refractivity contribution in [2.75, 3.05) is 32.1 Å². The first-order valence-electron chi connectivity index (χ1n) is 10.1. The molecule has 1 aliphatic rings. The van der Waals surface area contributed by atoms with E-state index in [9.17, 15) is 0 Å². The summed E-state index contributed by atoms with van der Waals surface area (Å²) in [5, 5.41) is 17.8. The van der Waals surface area contributed by atoms with Gasteiger partial charge < -0.3 is 4.90 Å². The van der Waals surface area contributed by atoms with E-state index in [4.69, 9.17) is 5.10 Å². The van der Waals surface area contributed by atoms with Gasteiger partial charge in [-0.2, -0.15) is 9.61 Å². The summed E-state index contributed by atoms with van der Waals surface area (Å²) in [6, 6.07) is 5.73. The molecular weight excluding hydrogens is 380 g/mol.